The molecule has 0 fully saturated rings. The molecule has 0 aliphatic rings. The largest absolute Gasteiger partial charge is 0.756 e. The SMILES string of the molecule is CC/C=C\C/C=C\C/C=C\C/C=C\C/C=C\C/C=C\C/C=C\C/C=C\C/C=C\CCCCCCCC(=O)OC(COC(=O)CCCCCCCCCCCCCCC/C=C\C/C=C\C/C=C\C/C=C\C/C=C\CC)COP(=O)([O-])OCC[N+](C)(C)C. The predicted octanol–water partition coefficient (Wildman–Crippen LogP) is 21.5. The second kappa shape index (κ2) is 64.8. The van der Waals surface area contributed by atoms with Crippen molar-refractivity contribution >= 4 is 19.8 Å². The smallest absolute Gasteiger partial charge is 0.306 e. The quantitative estimate of drug-likeness (QED) is 0.0195. The standard InChI is InChI=1S/C76H124NO8P/c1-6-8-10-12-14-16-18-20-22-24-26-28-30-32-34-36-37-38-39-41-43-45-47-49-51-53-55-57-59-61-63-65-67-69-76(79)85-74(73-84-86(80,81)83-71-70-77(3,4)5)72-82-75(78)68-66-64-62-60-58-56-54-52-50-48-46-44-42-40-35-33-31-29-27-25-23-21-19-17-15-13-11-9-7-2/h8-11,14-17,20-23,26-29,32-35,37-38,41,43,47,49,53,55,74H,6-7,12-13,18-19,24-25,30-31,36,39-40,42,44-46,48,50-52,54,56-73H2,1-5H3/b10-8-,11-9-,16-14-,17-15-,22-20-,23-21-,28-26-,29-27-,34-32-,35-33-,38-37-,43-41-,49-47-,55-53-. The number of likely N-dealkylation sites (N-methyl/N-ethyl adjacent to an activating group) is 1. The lowest BCUT2D eigenvalue weighted by Gasteiger charge is -2.28. The third-order valence-electron chi connectivity index (χ3n) is 13.7. The van der Waals surface area contributed by atoms with Crippen molar-refractivity contribution in [1.82, 2.24) is 0 Å². The van der Waals surface area contributed by atoms with Crippen LogP contribution in [0.25, 0.3) is 0 Å². The van der Waals surface area contributed by atoms with Crippen LogP contribution in [0.4, 0.5) is 0 Å². The highest BCUT2D eigenvalue weighted by Crippen LogP contribution is 2.38. The Bertz CT molecular complexity index is 2060. The first-order chi connectivity index (χ1) is 42.0. The van der Waals surface area contributed by atoms with E-state index in [1.54, 1.807) is 0 Å². The molecule has 0 radical (unpaired) electrons. The fourth-order valence-electron chi connectivity index (χ4n) is 8.62. The van der Waals surface area contributed by atoms with Crippen LogP contribution in [0.15, 0.2) is 170 Å². The van der Waals surface area contributed by atoms with Crippen molar-refractivity contribution in [1.29, 1.82) is 0 Å². The maximum absolute atomic E-state index is 12.9. The predicted molar refractivity (Wildman–Crippen MR) is 369 cm³/mol. The fourth-order valence-corrected chi connectivity index (χ4v) is 9.35. The molecule has 486 valence electrons. The molecule has 2 atom stereocenters. The van der Waals surface area contributed by atoms with Crippen molar-refractivity contribution in [2.24, 2.45) is 0 Å². The van der Waals surface area contributed by atoms with Crippen molar-refractivity contribution in [3.05, 3.63) is 170 Å². The van der Waals surface area contributed by atoms with Gasteiger partial charge in [-0.2, -0.15) is 0 Å². The number of ether oxygens (including phenoxy) is 2. The Kier molecular flexibility index (Phi) is 61.3. The van der Waals surface area contributed by atoms with Crippen LogP contribution in [-0.2, 0) is 32.7 Å². The molecular weight excluding hydrogens is 1090 g/mol. The minimum absolute atomic E-state index is 0.0442. The first-order valence-corrected chi connectivity index (χ1v) is 35.3. The Hall–Kier alpha value is -4.63. The highest BCUT2D eigenvalue weighted by atomic mass is 31.2. The average molecular weight is 1210 g/mol. The van der Waals surface area contributed by atoms with Gasteiger partial charge in [-0.15, -0.1) is 0 Å². The number of hydrogen-bond acceptors (Lipinski definition) is 8. The Balaban J connectivity index is 4.19. The lowest BCUT2D eigenvalue weighted by atomic mass is 10.0. The van der Waals surface area contributed by atoms with Crippen LogP contribution in [0.1, 0.15) is 245 Å². The van der Waals surface area contributed by atoms with Gasteiger partial charge in [0.2, 0.25) is 0 Å². The minimum Gasteiger partial charge on any atom is -0.756 e. The summed E-state index contributed by atoms with van der Waals surface area (Å²) in [4.78, 5) is 38.1. The molecule has 0 aliphatic carbocycles. The van der Waals surface area contributed by atoms with E-state index in [1.165, 1.54) is 64.2 Å². The van der Waals surface area contributed by atoms with E-state index in [2.05, 4.69) is 184 Å². The summed E-state index contributed by atoms with van der Waals surface area (Å²) < 4.78 is 34.3. The number of phosphoric acid groups is 1. The van der Waals surface area contributed by atoms with Gasteiger partial charge in [-0.25, -0.2) is 0 Å². The molecule has 0 amide bonds. The molecule has 0 spiro atoms. The normalized spacial score (nSPS) is 14.3. The molecule has 0 aromatic rings. The van der Waals surface area contributed by atoms with Gasteiger partial charge in [0, 0.05) is 12.8 Å². The van der Waals surface area contributed by atoms with Crippen LogP contribution in [0.3, 0.4) is 0 Å². The lowest BCUT2D eigenvalue weighted by molar-refractivity contribution is -0.870. The van der Waals surface area contributed by atoms with Crippen molar-refractivity contribution in [2.45, 2.75) is 251 Å². The number of nitrogens with zero attached hydrogens (tertiary/aromatic N) is 1. The number of quaternary nitrogens is 1. The van der Waals surface area contributed by atoms with Gasteiger partial charge in [0.1, 0.15) is 19.8 Å². The Morgan fingerprint density at radius 1 is 0.360 bits per heavy atom. The summed E-state index contributed by atoms with van der Waals surface area (Å²) in [7, 11) is 1.13. The van der Waals surface area contributed by atoms with Gasteiger partial charge in [0.15, 0.2) is 6.10 Å². The third kappa shape index (κ3) is 68.5. The number of carbonyl (C=O) groups is 2. The van der Waals surface area contributed by atoms with Crippen LogP contribution in [0.5, 0.6) is 0 Å². The zero-order chi connectivity index (χ0) is 62.6. The van der Waals surface area contributed by atoms with Crippen molar-refractivity contribution in [3.8, 4) is 0 Å². The van der Waals surface area contributed by atoms with Gasteiger partial charge in [-0.1, -0.05) is 274 Å². The van der Waals surface area contributed by atoms with E-state index in [1.807, 2.05) is 21.1 Å². The molecule has 0 saturated carbocycles. The average Bonchev–Trinajstić information content (AvgIpc) is 3.70. The maximum Gasteiger partial charge on any atom is 0.306 e. The zero-order valence-electron chi connectivity index (χ0n) is 55.2. The van der Waals surface area contributed by atoms with Gasteiger partial charge in [-0.3, -0.25) is 14.2 Å². The molecule has 0 rings (SSSR count). The molecule has 0 heterocycles. The summed E-state index contributed by atoms with van der Waals surface area (Å²) in [6.07, 6.45) is 98.4. The van der Waals surface area contributed by atoms with Crippen LogP contribution in [0, 0.1) is 0 Å². The van der Waals surface area contributed by atoms with E-state index >= 15 is 0 Å². The molecule has 0 saturated heterocycles. The molecule has 10 heteroatoms. The number of carbonyl (C=O) groups excluding carboxylic acids is 2. The first-order valence-electron chi connectivity index (χ1n) is 33.8. The van der Waals surface area contributed by atoms with Crippen molar-refractivity contribution in [3.63, 3.8) is 0 Å². The summed E-state index contributed by atoms with van der Waals surface area (Å²) in [5.74, 6) is -0.867. The zero-order valence-corrected chi connectivity index (χ0v) is 56.1. The van der Waals surface area contributed by atoms with Crippen LogP contribution in [0.2, 0.25) is 0 Å². The summed E-state index contributed by atoms with van der Waals surface area (Å²) in [5, 5.41) is 0. The van der Waals surface area contributed by atoms with Gasteiger partial charge < -0.3 is 27.9 Å². The van der Waals surface area contributed by atoms with E-state index in [-0.39, 0.29) is 26.1 Å². The maximum atomic E-state index is 12.9. The Morgan fingerprint density at radius 2 is 0.628 bits per heavy atom. The first kappa shape index (κ1) is 81.4. The van der Waals surface area contributed by atoms with E-state index in [4.69, 9.17) is 18.5 Å². The number of allylic oxidation sites excluding steroid dienone is 28. The number of unbranched alkanes of at least 4 members (excludes halogenated alkanes) is 18. The number of esters is 2. The molecule has 2 unspecified atom stereocenters. The third-order valence-corrected chi connectivity index (χ3v) is 14.7. The summed E-state index contributed by atoms with van der Waals surface area (Å²) in [6.45, 7) is 3.97. The topological polar surface area (TPSA) is 111 Å². The second-order valence-corrected chi connectivity index (χ2v) is 24.5. The van der Waals surface area contributed by atoms with Crippen LogP contribution >= 0.6 is 7.82 Å². The Labute approximate surface area is 528 Å². The Morgan fingerprint density at radius 3 is 0.930 bits per heavy atom. The lowest BCUT2D eigenvalue weighted by Crippen LogP contribution is -2.37. The number of phosphoric ester groups is 1. The van der Waals surface area contributed by atoms with Gasteiger partial charge in [0.05, 0.1) is 27.7 Å². The summed E-state index contributed by atoms with van der Waals surface area (Å²) >= 11 is 0. The van der Waals surface area contributed by atoms with Crippen LogP contribution in [-0.4, -0.2) is 70.0 Å². The van der Waals surface area contributed by atoms with E-state index in [0.29, 0.717) is 17.4 Å². The highest BCUT2D eigenvalue weighted by Gasteiger charge is 2.22. The molecule has 0 bridgehead atoms. The molecule has 9 nitrogen and oxygen atoms in total. The molecule has 0 aliphatic heterocycles. The fraction of sp³-hybridized carbons (Fsp3) is 0.605. The van der Waals surface area contributed by atoms with E-state index < -0.39 is 32.5 Å². The van der Waals surface area contributed by atoms with E-state index in [9.17, 15) is 19.0 Å². The van der Waals surface area contributed by atoms with Gasteiger partial charge >= 0.3 is 11.9 Å². The second-order valence-electron chi connectivity index (χ2n) is 23.1. The van der Waals surface area contributed by atoms with Crippen molar-refractivity contribution in [2.75, 3.05) is 47.5 Å². The molecule has 86 heavy (non-hydrogen) atoms. The monoisotopic (exact) mass is 1210 g/mol. The highest BCUT2D eigenvalue weighted by molar-refractivity contribution is 7.45. The van der Waals surface area contributed by atoms with Crippen LogP contribution < -0.4 is 4.89 Å². The summed E-state index contributed by atoms with van der Waals surface area (Å²) in [6, 6.07) is 0. The van der Waals surface area contributed by atoms with Gasteiger partial charge in [-0.05, 0) is 128 Å². The molecule has 0 aromatic heterocycles. The van der Waals surface area contributed by atoms with Gasteiger partial charge in [0.25, 0.3) is 7.82 Å². The molecule has 0 N–H and O–H groups in total. The van der Waals surface area contributed by atoms with E-state index in [0.717, 1.165) is 148 Å². The van der Waals surface area contributed by atoms with Crippen molar-refractivity contribution < 1.29 is 42.1 Å². The molecular formula is C76H124NO8P. The molecule has 0 aromatic carbocycles. The minimum atomic E-state index is -4.66. The number of hydrogen-bond donors (Lipinski definition) is 0. The summed E-state index contributed by atoms with van der Waals surface area (Å²) in [5.41, 5.74) is 0. The number of rotatable bonds is 60.